The van der Waals surface area contributed by atoms with Crippen LogP contribution < -0.4 is 0 Å². The minimum atomic E-state index is -0.305. The zero-order valence-electron chi connectivity index (χ0n) is 16.8. The molecule has 0 aliphatic heterocycles. The maximum atomic E-state index is 13.3. The lowest BCUT2D eigenvalue weighted by molar-refractivity contribution is -0.111. The summed E-state index contributed by atoms with van der Waals surface area (Å²) in [6.07, 6.45) is 1.37. The Morgan fingerprint density at radius 1 is 0.844 bits per heavy atom. The van der Waals surface area contributed by atoms with Crippen LogP contribution in [0.1, 0.15) is 29.6 Å². The first-order valence-electron chi connectivity index (χ1n) is 9.50. The van der Waals surface area contributed by atoms with Gasteiger partial charge in [-0.2, -0.15) is 0 Å². The van der Waals surface area contributed by atoms with Crippen molar-refractivity contribution in [3.8, 4) is 0 Å². The highest BCUT2D eigenvalue weighted by Gasteiger charge is 2.13. The molecule has 0 fully saturated rings. The number of benzene rings is 2. The van der Waals surface area contributed by atoms with Gasteiger partial charge in [0.25, 0.3) is 0 Å². The standard InChI is InChI=1S/C11H8ClFOS.C8H5FS.C4H6Cl2O/c12-5-4-10(14)8-6-15-11-7(8)2-1-3-9(11)13;9-7-3-1-2-6-4-5-10-8(6)7;5-3-1-2-4(6)7/h1-3,6H,4-5H2;1-5H;1-3H2. The maximum absolute atomic E-state index is 13.3. The first-order valence-corrected chi connectivity index (χ1v) is 12.7. The van der Waals surface area contributed by atoms with E-state index in [1.54, 1.807) is 23.6 Å². The average Bonchev–Trinajstić information content (AvgIpc) is 3.42. The number of carbonyl (C=O) groups excluding carboxylic acids is 2. The van der Waals surface area contributed by atoms with Crippen molar-refractivity contribution in [2.75, 3.05) is 11.8 Å². The molecule has 0 spiro atoms. The highest BCUT2D eigenvalue weighted by atomic mass is 35.5. The number of ketones is 1. The minimum Gasteiger partial charge on any atom is -0.294 e. The van der Waals surface area contributed by atoms with Crippen molar-refractivity contribution in [1.29, 1.82) is 0 Å². The Balaban J connectivity index is 0.000000185. The number of thiophene rings is 2. The predicted octanol–water partition coefficient (Wildman–Crippen LogP) is 8.66. The van der Waals surface area contributed by atoms with Crippen molar-refractivity contribution in [3.05, 3.63) is 70.4 Å². The quantitative estimate of drug-likeness (QED) is 0.141. The molecule has 2 nitrogen and oxygen atoms in total. The minimum absolute atomic E-state index is 0.0261. The number of hydrogen-bond donors (Lipinski definition) is 0. The number of rotatable bonds is 6. The fraction of sp³-hybridized carbons (Fsp3) is 0.217. The lowest BCUT2D eigenvalue weighted by Crippen LogP contribution is -1.98. The monoisotopic (exact) mass is 534 g/mol. The fourth-order valence-corrected chi connectivity index (χ4v) is 4.84. The van der Waals surface area contributed by atoms with Crippen molar-refractivity contribution in [3.63, 3.8) is 0 Å². The van der Waals surface area contributed by atoms with Gasteiger partial charge in [0, 0.05) is 40.9 Å². The van der Waals surface area contributed by atoms with Crippen LogP contribution in [0.25, 0.3) is 20.2 Å². The maximum Gasteiger partial charge on any atom is 0.221 e. The van der Waals surface area contributed by atoms with E-state index in [0.29, 0.717) is 46.7 Å². The number of Topliss-reactive ketones (excluding diaryl/α,β-unsaturated/α-hetero) is 1. The van der Waals surface area contributed by atoms with E-state index in [1.165, 1.54) is 34.8 Å². The summed E-state index contributed by atoms with van der Waals surface area (Å²) in [5.74, 6) is 0.390. The third-order valence-electron chi connectivity index (χ3n) is 4.11. The molecule has 2 heterocycles. The molecule has 0 bridgehead atoms. The van der Waals surface area contributed by atoms with E-state index >= 15 is 0 Å². The SMILES string of the molecule is Fc1cccc2ccsc12.O=C(CCCl)c1csc2c(F)cccc12.O=C(Cl)CCCCl. The molecule has 32 heavy (non-hydrogen) atoms. The summed E-state index contributed by atoms with van der Waals surface area (Å²) in [4.78, 5) is 21.5. The van der Waals surface area contributed by atoms with Gasteiger partial charge in [-0.3, -0.25) is 9.59 Å². The molecule has 0 unspecified atom stereocenters. The molecule has 0 aliphatic carbocycles. The van der Waals surface area contributed by atoms with Crippen LogP contribution in [0, 0.1) is 11.6 Å². The summed E-state index contributed by atoms with van der Waals surface area (Å²) in [5, 5.41) is 4.97. The summed E-state index contributed by atoms with van der Waals surface area (Å²) in [6.45, 7) is 0. The van der Waals surface area contributed by atoms with Crippen LogP contribution in [0.3, 0.4) is 0 Å². The molecule has 0 N–H and O–H groups in total. The molecule has 0 radical (unpaired) electrons. The smallest absolute Gasteiger partial charge is 0.221 e. The van der Waals surface area contributed by atoms with Crippen LogP contribution in [0.5, 0.6) is 0 Å². The van der Waals surface area contributed by atoms with Crippen molar-refractivity contribution in [1.82, 2.24) is 0 Å². The van der Waals surface area contributed by atoms with Gasteiger partial charge in [-0.15, -0.1) is 45.9 Å². The van der Waals surface area contributed by atoms with Gasteiger partial charge in [-0.25, -0.2) is 8.78 Å². The number of halogens is 5. The van der Waals surface area contributed by atoms with Crippen LogP contribution in [-0.4, -0.2) is 22.8 Å². The van der Waals surface area contributed by atoms with Gasteiger partial charge in [0.2, 0.25) is 5.24 Å². The van der Waals surface area contributed by atoms with Crippen molar-refractivity contribution < 1.29 is 18.4 Å². The predicted molar refractivity (Wildman–Crippen MR) is 134 cm³/mol. The molecule has 170 valence electrons. The largest absolute Gasteiger partial charge is 0.294 e. The van der Waals surface area contributed by atoms with Crippen molar-refractivity contribution in [2.24, 2.45) is 0 Å². The van der Waals surface area contributed by atoms with E-state index in [4.69, 9.17) is 34.8 Å². The molecule has 4 aromatic rings. The second-order valence-electron chi connectivity index (χ2n) is 6.35. The lowest BCUT2D eigenvalue weighted by atomic mass is 10.1. The third kappa shape index (κ3) is 7.78. The summed E-state index contributed by atoms with van der Waals surface area (Å²) < 4.78 is 27.4. The molecule has 0 saturated heterocycles. The topological polar surface area (TPSA) is 34.1 Å². The number of hydrogen-bond acceptors (Lipinski definition) is 4. The van der Waals surface area contributed by atoms with E-state index in [0.717, 1.165) is 10.1 Å². The Bertz CT molecular complexity index is 1170. The van der Waals surface area contributed by atoms with E-state index in [1.807, 2.05) is 17.5 Å². The van der Waals surface area contributed by atoms with Crippen molar-refractivity contribution in [2.45, 2.75) is 19.3 Å². The lowest BCUT2D eigenvalue weighted by Gasteiger charge is -1.96. The third-order valence-corrected chi connectivity index (χ3v) is 6.70. The Kier molecular flexibility index (Phi) is 11.6. The molecule has 2 aromatic carbocycles. The van der Waals surface area contributed by atoms with Crippen molar-refractivity contribution >= 4 is 88.7 Å². The van der Waals surface area contributed by atoms with Gasteiger partial charge in [0.05, 0.1) is 9.40 Å². The molecular formula is C23H19Cl3F2O2S2. The van der Waals surface area contributed by atoms with Crippen LogP contribution in [0.4, 0.5) is 8.78 Å². The first-order chi connectivity index (χ1) is 15.4. The Hall–Kier alpha value is -1.57. The molecule has 2 aromatic heterocycles. The Morgan fingerprint density at radius 2 is 1.53 bits per heavy atom. The summed E-state index contributed by atoms with van der Waals surface area (Å²) in [6, 6.07) is 11.8. The van der Waals surface area contributed by atoms with Gasteiger partial charge >= 0.3 is 0 Å². The zero-order valence-corrected chi connectivity index (χ0v) is 20.7. The van der Waals surface area contributed by atoms with E-state index in [2.05, 4.69) is 0 Å². The molecule has 0 amide bonds. The first kappa shape index (κ1) is 26.7. The number of alkyl halides is 2. The zero-order chi connectivity index (χ0) is 23.5. The molecule has 4 rings (SSSR count). The van der Waals surface area contributed by atoms with Gasteiger partial charge in [-0.05, 0) is 47.0 Å². The highest BCUT2D eigenvalue weighted by Crippen LogP contribution is 2.29. The second-order valence-corrected chi connectivity index (χ2v) is 9.33. The van der Waals surface area contributed by atoms with E-state index in [9.17, 15) is 18.4 Å². The second kappa shape index (κ2) is 13.9. The summed E-state index contributed by atoms with van der Waals surface area (Å²) in [5.41, 5.74) is 0.579. The van der Waals surface area contributed by atoms with Crippen LogP contribution in [0.2, 0.25) is 0 Å². The normalized spacial score (nSPS) is 10.3. The van der Waals surface area contributed by atoms with Crippen LogP contribution in [-0.2, 0) is 4.79 Å². The fourth-order valence-electron chi connectivity index (χ4n) is 2.62. The summed E-state index contributed by atoms with van der Waals surface area (Å²) >= 11 is 18.4. The van der Waals surface area contributed by atoms with E-state index < -0.39 is 0 Å². The summed E-state index contributed by atoms with van der Waals surface area (Å²) in [7, 11) is 0. The molecular weight excluding hydrogens is 517 g/mol. The Morgan fingerprint density at radius 3 is 2.12 bits per heavy atom. The molecule has 0 atom stereocenters. The molecule has 0 aliphatic rings. The van der Waals surface area contributed by atoms with Gasteiger partial charge in [0.1, 0.15) is 11.6 Å². The van der Waals surface area contributed by atoms with Gasteiger partial charge < -0.3 is 0 Å². The van der Waals surface area contributed by atoms with Gasteiger partial charge in [0.15, 0.2) is 5.78 Å². The molecule has 9 heteroatoms. The van der Waals surface area contributed by atoms with Gasteiger partial charge in [-0.1, -0.05) is 24.3 Å². The average molecular weight is 536 g/mol. The Labute approximate surface area is 207 Å². The van der Waals surface area contributed by atoms with E-state index in [-0.39, 0.29) is 22.7 Å². The molecule has 0 saturated carbocycles. The highest BCUT2D eigenvalue weighted by molar-refractivity contribution is 7.17. The van der Waals surface area contributed by atoms with Crippen LogP contribution >= 0.6 is 57.5 Å². The number of carbonyl (C=O) groups is 2. The number of fused-ring (bicyclic) bond motifs is 2. The van der Waals surface area contributed by atoms with Crippen LogP contribution in [0.15, 0.2) is 53.2 Å².